The molecule has 3 aliphatic rings. The number of carbonyl (C=O) groups excluding carboxylic acids is 6. The Labute approximate surface area is 312 Å². The Morgan fingerprint density at radius 2 is 1.59 bits per heavy atom. The fourth-order valence-corrected chi connectivity index (χ4v) is 7.36. The highest BCUT2D eigenvalue weighted by Crippen LogP contribution is 2.52. The van der Waals surface area contributed by atoms with Gasteiger partial charge in [0.25, 0.3) is 0 Å². The third kappa shape index (κ3) is 7.84. The number of amides is 1. The molecule has 2 aliphatic carbocycles. The van der Waals surface area contributed by atoms with E-state index in [-0.39, 0.29) is 59.6 Å². The highest BCUT2D eigenvalue weighted by atomic mass is 16.7. The number of ether oxygens (including phenoxy) is 5. The zero-order chi connectivity index (χ0) is 39.5. The van der Waals surface area contributed by atoms with Crippen LogP contribution in [0.1, 0.15) is 128 Å². The van der Waals surface area contributed by atoms with Gasteiger partial charge in [-0.15, -0.1) is 0 Å². The number of aliphatic hydroxyl groups is 1. The molecule has 0 unspecified atom stereocenters. The highest BCUT2D eigenvalue weighted by Gasteiger charge is 2.51. The van der Waals surface area contributed by atoms with Crippen molar-refractivity contribution >= 4 is 35.2 Å². The number of hydrogen-bond donors (Lipinski definition) is 4. The van der Waals surface area contributed by atoms with Gasteiger partial charge in [0.2, 0.25) is 17.5 Å². The van der Waals surface area contributed by atoms with Gasteiger partial charge in [-0.3, -0.25) is 28.8 Å². The summed E-state index contributed by atoms with van der Waals surface area (Å²) < 4.78 is 28.7. The fraction of sp³-hybridized carbons (Fsp3) is 0.538. The maximum Gasteiger partial charge on any atom is 0.306 e. The molecule has 1 aliphatic heterocycles. The van der Waals surface area contributed by atoms with E-state index in [2.05, 4.69) is 5.32 Å². The Kier molecular flexibility index (Phi) is 12.4. The summed E-state index contributed by atoms with van der Waals surface area (Å²) in [6.45, 7) is 6.20. The van der Waals surface area contributed by atoms with Crippen molar-refractivity contribution in [2.24, 2.45) is 0 Å². The van der Waals surface area contributed by atoms with Crippen LogP contribution >= 0.6 is 0 Å². The van der Waals surface area contributed by atoms with E-state index in [1.807, 2.05) is 13.8 Å². The minimum atomic E-state index is -2.36. The van der Waals surface area contributed by atoms with Gasteiger partial charge in [0.1, 0.15) is 29.0 Å². The zero-order valence-electron chi connectivity index (χ0n) is 31.0. The van der Waals surface area contributed by atoms with Crippen LogP contribution in [0.4, 0.5) is 0 Å². The minimum absolute atomic E-state index is 0.0331. The lowest BCUT2D eigenvalue weighted by Gasteiger charge is -2.43. The SMILES string of the molecule is CCCC(=O)N[C@H]1C[C@H](O[C@H]2C[C@](O)(C(=O)COC(=O)CCC)Cc3c(O)c4c(c(O)c32)C(=O)c2c(OC)cccc2C4=O)O[C@@H](C)[C@H]1OC(=O)CCC. The Morgan fingerprint density at radius 3 is 2.26 bits per heavy atom. The molecule has 0 saturated carbocycles. The molecule has 0 aromatic heterocycles. The molecule has 0 radical (unpaired) electrons. The number of phenolic OH excluding ortho intramolecular Hbond substituents is 2. The monoisotopic (exact) mass is 753 g/mol. The van der Waals surface area contributed by atoms with Crippen LogP contribution in [-0.2, 0) is 44.5 Å². The van der Waals surface area contributed by atoms with Crippen molar-refractivity contribution in [3.8, 4) is 17.2 Å². The molecule has 0 spiro atoms. The first-order valence-electron chi connectivity index (χ1n) is 18.3. The average Bonchev–Trinajstić information content (AvgIpc) is 3.12. The first-order chi connectivity index (χ1) is 25.7. The summed E-state index contributed by atoms with van der Waals surface area (Å²) in [4.78, 5) is 79.0. The summed E-state index contributed by atoms with van der Waals surface area (Å²) in [7, 11) is 1.31. The molecule has 2 aromatic rings. The predicted molar refractivity (Wildman–Crippen MR) is 188 cm³/mol. The topological polar surface area (TPSA) is 221 Å². The van der Waals surface area contributed by atoms with Gasteiger partial charge in [-0.05, 0) is 32.3 Å². The zero-order valence-corrected chi connectivity index (χ0v) is 31.0. The number of methoxy groups -OCH3 is 1. The van der Waals surface area contributed by atoms with Crippen molar-refractivity contribution in [2.45, 2.75) is 122 Å². The van der Waals surface area contributed by atoms with Crippen molar-refractivity contribution in [1.29, 1.82) is 0 Å². The molecule has 292 valence electrons. The lowest BCUT2D eigenvalue weighted by molar-refractivity contribution is -0.253. The summed E-state index contributed by atoms with van der Waals surface area (Å²) in [6.07, 6.45) is -3.82. The van der Waals surface area contributed by atoms with Crippen molar-refractivity contribution in [2.75, 3.05) is 13.7 Å². The second kappa shape index (κ2) is 16.7. The van der Waals surface area contributed by atoms with Crippen LogP contribution in [-0.4, -0.2) is 94.4 Å². The molecule has 6 atom stereocenters. The summed E-state index contributed by atoms with van der Waals surface area (Å²) in [6, 6.07) is 3.54. The standard InChI is InChI=1S/C39H47NO14/c1-6-10-26(42)40-22-15-29(52-19(4)38(22)54-28(44)12-8-3)53-24-17-39(49,25(41)18-51-27(43)11-7-2)16-21-31(24)37(48)33-32(35(21)46)34(45)20-13-9-14-23(50-5)30(20)36(33)47/h9,13-14,19,22,24,29,38,46,48-49H,6-8,10-12,15-18H2,1-5H3,(H,40,42)/t19-,22-,24-,29-,38+,39-/m0/s1. The lowest BCUT2D eigenvalue weighted by atomic mass is 9.72. The normalized spacial score (nSPS) is 24.4. The molecule has 0 bridgehead atoms. The first kappa shape index (κ1) is 40.3. The maximum absolute atomic E-state index is 14.0. The third-order valence-corrected chi connectivity index (χ3v) is 9.95. The number of rotatable bonds is 14. The van der Waals surface area contributed by atoms with Crippen LogP contribution in [0.15, 0.2) is 18.2 Å². The number of phenols is 2. The summed E-state index contributed by atoms with van der Waals surface area (Å²) in [5, 5.41) is 38.5. The quantitative estimate of drug-likeness (QED) is 0.136. The van der Waals surface area contributed by atoms with E-state index >= 15 is 0 Å². The van der Waals surface area contributed by atoms with E-state index in [4.69, 9.17) is 23.7 Å². The number of benzene rings is 2. The van der Waals surface area contributed by atoms with Gasteiger partial charge >= 0.3 is 11.9 Å². The third-order valence-electron chi connectivity index (χ3n) is 9.95. The molecule has 2 aromatic carbocycles. The summed E-state index contributed by atoms with van der Waals surface area (Å²) in [5.74, 6) is -5.43. The van der Waals surface area contributed by atoms with E-state index < -0.39 is 108 Å². The molecule has 15 nitrogen and oxygen atoms in total. The van der Waals surface area contributed by atoms with Crippen molar-refractivity contribution in [3.63, 3.8) is 0 Å². The molecule has 1 heterocycles. The van der Waals surface area contributed by atoms with Crippen LogP contribution in [0.25, 0.3) is 0 Å². The molecule has 54 heavy (non-hydrogen) atoms. The van der Waals surface area contributed by atoms with Crippen LogP contribution < -0.4 is 10.1 Å². The predicted octanol–water partition coefficient (Wildman–Crippen LogP) is 3.66. The molecular weight excluding hydrogens is 706 g/mol. The largest absolute Gasteiger partial charge is 0.507 e. The molecule has 4 N–H and O–H groups in total. The number of Topliss-reactive ketones (excluding diaryl/α,β-unsaturated/α-hetero) is 1. The lowest BCUT2D eigenvalue weighted by Crippen LogP contribution is -2.57. The highest BCUT2D eigenvalue weighted by molar-refractivity contribution is 6.31. The van der Waals surface area contributed by atoms with E-state index in [0.29, 0.717) is 19.3 Å². The number of fused-ring (bicyclic) bond motifs is 3. The van der Waals surface area contributed by atoms with Gasteiger partial charge in [0.15, 0.2) is 18.7 Å². The number of nitrogens with one attached hydrogen (secondary N) is 1. The van der Waals surface area contributed by atoms with E-state index in [9.17, 15) is 44.1 Å². The smallest absolute Gasteiger partial charge is 0.306 e. The van der Waals surface area contributed by atoms with Gasteiger partial charge in [0.05, 0.1) is 42.0 Å². The average molecular weight is 754 g/mol. The van der Waals surface area contributed by atoms with Crippen LogP contribution in [0.5, 0.6) is 17.2 Å². The van der Waals surface area contributed by atoms with Crippen molar-refractivity contribution in [1.82, 2.24) is 5.32 Å². The van der Waals surface area contributed by atoms with Crippen LogP contribution in [0.3, 0.4) is 0 Å². The molecule has 1 fully saturated rings. The summed E-state index contributed by atoms with van der Waals surface area (Å²) in [5.41, 5.74) is -4.04. The van der Waals surface area contributed by atoms with Gasteiger partial charge in [0, 0.05) is 55.2 Å². The molecule has 1 saturated heterocycles. The molecule has 5 rings (SSSR count). The van der Waals surface area contributed by atoms with Gasteiger partial charge in [-0.1, -0.05) is 32.9 Å². The van der Waals surface area contributed by atoms with Gasteiger partial charge < -0.3 is 44.3 Å². The second-order valence-electron chi connectivity index (χ2n) is 13.9. The van der Waals surface area contributed by atoms with Gasteiger partial charge in [-0.25, -0.2) is 0 Å². The Balaban J connectivity index is 1.58. The molecular formula is C39H47NO14. The summed E-state index contributed by atoms with van der Waals surface area (Å²) >= 11 is 0. The van der Waals surface area contributed by atoms with Crippen molar-refractivity contribution in [3.05, 3.63) is 51.6 Å². The van der Waals surface area contributed by atoms with E-state index in [1.54, 1.807) is 13.8 Å². The number of carbonyl (C=O) groups is 6. The number of aromatic hydroxyl groups is 2. The fourth-order valence-electron chi connectivity index (χ4n) is 7.36. The van der Waals surface area contributed by atoms with Crippen LogP contribution in [0, 0.1) is 0 Å². The van der Waals surface area contributed by atoms with Gasteiger partial charge in [-0.2, -0.15) is 0 Å². The Morgan fingerprint density at radius 1 is 0.926 bits per heavy atom. The van der Waals surface area contributed by atoms with Crippen LogP contribution in [0.2, 0.25) is 0 Å². The second-order valence-corrected chi connectivity index (χ2v) is 13.9. The first-order valence-corrected chi connectivity index (χ1v) is 18.3. The Hall–Kier alpha value is -4.86. The molecule has 1 amide bonds. The van der Waals surface area contributed by atoms with E-state index in [1.165, 1.54) is 25.3 Å². The maximum atomic E-state index is 14.0. The number of ketones is 3. The minimum Gasteiger partial charge on any atom is -0.507 e. The van der Waals surface area contributed by atoms with E-state index in [0.717, 1.165) is 0 Å². The Bertz CT molecular complexity index is 1840. The molecule has 15 heteroatoms. The number of esters is 2. The number of hydrogen-bond acceptors (Lipinski definition) is 14. The van der Waals surface area contributed by atoms with Crippen molar-refractivity contribution < 1.29 is 67.8 Å².